The molecule has 2 aromatic rings. The maximum Gasteiger partial charge on any atom is 0.0723 e. The van der Waals surface area contributed by atoms with Gasteiger partial charge in [-0.3, -0.25) is 0 Å². The van der Waals surface area contributed by atoms with Gasteiger partial charge >= 0.3 is 0 Å². The smallest absolute Gasteiger partial charge is 0.0723 e. The van der Waals surface area contributed by atoms with E-state index in [4.69, 9.17) is 34.8 Å². The lowest BCUT2D eigenvalue weighted by atomic mass is 10.1. The van der Waals surface area contributed by atoms with Crippen molar-refractivity contribution in [2.75, 3.05) is 5.32 Å². The van der Waals surface area contributed by atoms with Crippen LogP contribution >= 0.6 is 34.8 Å². The molecule has 0 radical (unpaired) electrons. The monoisotopic (exact) mass is 299 g/mol. The summed E-state index contributed by atoms with van der Waals surface area (Å²) in [5.41, 5.74) is 1.87. The normalized spacial score (nSPS) is 12.2. The topological polar surface area (TPSA) is 12.0 Å². The molecule has 1 nitrogen and oxygen atoms in total. The molecule has 0 aliphatic carbocycles. The van der Waals surface area contributed by atoms with Gasteiger partial charge in [0, 0.05) is 11.1 Å². The van der Waals surface area contributed by atoms with Crippen LogP contribution in [0.5, 0.6) is 0 Å². The Bertz CT molecular complexity index is 517. The molecule has 2 rings (SSSR count). The maximum atomic E-state index is 6.12. The molecule has 0 fully saturated rings. The van der Waals surface area contributed by atoms with Crippen LogP contribution in [0.15, 0.2) is 42.5 Å². The minimum absolute atomic E-state index is 0.0969. The van der Waals surface area contributed by atoms with Crippen LogP contribution < -0.4 is 5.32 Å². The van der Waals surface area contributed by atoms with Gasteiger partial charge in [0.25, 0.3) is 0 Å². The Morgan fingerprint density at radius 3 is 2.00 bits per heavy atom. The van der Waals surface area contributed by atoms with E-state index in [9.17, 15) is 0 Å². The summed E-state index contributed by atoms with van der Waals surface area (Å²) in [6.45, 7) is 2.04. The van der Waals surface area contributed by atoms with Gasteiger partial charge < -0.3 is 5.32 Å². The molecule has 0 amide bonds. The molecular weight excluding hydrogens is 289 g/mol. The minimum Gasteiger partial charge on any atom is -0.376 e. The third-order valence-electron chi connectivity index (χ3n) is 2.69. The van der Waals surface area contributed by atoms with Crippen molar-refractivity contribution in [1.82, 2.24) is 0 Å². The summed E-state index contributed by atoms with van der Waals surface area (Å²) in [6, 6.07) is 13.2. The first-order chi connectivity index (χ1) is 8.58. The molecule has 18 heavy (non-hydrogen) atoms. The molecule has 0 bridgehead atoms. The zero-order valence-electron chi connectivity index (χ0n) is 9.75. The minimum atomic E-state index is 0.0969. The highest BCUT2D eigenvalue weighted by molar-refractivity contribution is 6.39. The second kappa shape index (κ2) is 5.83. The molecular formula is C14H12Cl3N. The van der Waals surface area contributed by atoms with Crippen LogP contribution in [-0.4, -0.2) is 0 Å². The van der Waals surface area contributed by atoms with Crippen LogP contribution in [0.3, 0.4) is 0 Å². The predicted octanol–water partition coefficient (Wildman–Crippen LogP) is 5.82. The van der Waals surface area contributed by atoms with Crippen LogP contribution in [0.1, 0.15) is 18.5 Å². The Balaban J connectivity index is 2.21. The van der Waals surface area contributed by atoms with E-state index in [2.05, 4.69) is 5.32 Å². The SMILES string of the molecule is CC(Nc1c(Cl)cccc1Cl)c1ccc(Cl)cc1. The van der Waals surface area contributed by atoms with Crippen molar-refractivity contribution in [1.29, 1.82) is 0 Å². The average molecular weight is 301 g/mol. The maximum absolute atomic E-state index is 6.12. The molecule has 0 saturated heterocycles. The molecule has 0 aromatic heterocycles. The summed E-state index contributed by atoms with van der Waals surface area (Å²) in [7, 11) is 0. The van der Waals surface area contributed by atoms with Gasteiger partial charge in [0.15, 0.2) is 0 Å². The number of anilines is 1. The fourth-order valence-corrected chi connectivity index (χ4v) is 2.32. The highest BCUT2D eigenvalue weighted by Crippen LogP contribution is 2.32. The van der Waals surface area contributed by atoms with E-state index in [1.165, 1.54) is 0 Å². The lowest BCUT2D eigenvalue weighted by molar-refractivity contribution is 0.885. The van der Waals surface area contributed by atoms with Gasteiger partial charge in [-0.25, -0.2) is 0 Å². The van der Waals surface area contributed by atoms with E-state index in [0.29, 0.717) is 10.0 Å². The summed E-state index contributed by atoms with van der Waals surface area (Å²) in [5, 5.41) is 5.26. The van der Waals surface area contributed by atoms with E-state index in [-0.39, 0.29) is 6.04 Å². The zero-order valence-corrected chi connectivity index (χ0v) is 12.0. The number of nitrogens with one attached hydrogen (secondary N) is 1. The Labute approximate surface area is 122 Å². The van der Waals surface area contributed by atoms with E-state index in [0.717, 1.165) is 16.3 Å². The Morgan fingerprint density at radius 1 is 0.889 bits per heavy atom. The summed E-state index contributed by atoms with van der Waals surface area (Å²) < 4.78 is 0. The molecule has 94 valence electrons. The molecule has 0 aliphatic heterocycles. The van der Waals surface area contributed by atoms with Crippen molar-refractivity contribution < 1.29 is 0 Å². The van der Waals surface area contributed by atoms with Gasteiger partial charge in [0.05, 0.1) is 15.7 Å². The van der Waals surface area contributed by atoms with Crippen LogP contribution in [0, 0.1) is 0 Å². The van der Waals surface area contributed by atoms with Crippen molar-refractivity contribution in [3.63, 3.8) is 0 Å². The quantitative estimate of drug-likeness (QED) is 0.753. The number of halogens is 3. The summed E-state index contributed by atoms with van der Waals surface area (Å²) >= 11 is 18.1. The van der Waals surface area contributed by atoms with E-state index >= 15 is 0 Å². The highest BCUT2D eigenvalue weighted by Gasteiger charge is 2.10. The second-order valence-electron chi connectivity index (χ2n) is 4.01. The second-order valence-corrected chi connectivity index (χ2v) is 5.27. The number of rotatable bonds is 3. The van der Waals surface area contributed by atoms with Gasteiger partial charge in [-0.1, -0.05) is 53.0 Å². The van der Waals surface area contributed by atoms with Gasteiger partial charge in [0.1, 0.15) is 0 Å². The fraction of sp³-hybridized carbons (Fsp3) is 0.143. The lowest BCUT2D eigenvalue weighted by Gasteiger charge is -2.17. The molecule has 0 spiro atoms. The number of hydrogen-bond acceptors (Lipinski definition) is 1. The molecule has 1 N–H and O–H groups in total. The van der Waals surface area contributed by atoms with Crippen molar-refractivity contribution >= 4 is 40.5 Å². The van der Waals surface area contributed by atoms with Gasteiger partial charge in [-0.15, -0.1) is 0 Å². The van der Waals surface area contributed by atoms with Crippen molar-refractivity contribution in [2.24, 2.45) is 0 Å². The lowest BCUT2D eigenvalue weighted by Crippen LogP contribution is -2.07. The third-order valence-corrected chi connectivity index (χ3v) is 3.58. The Kier molecular flexibility index (Phi) is 4.39. The largest absolute Gasteiger partial charge is 0.376 e. The molecule has 4 heteroatoms. The molecule has 2 aromatic carbocycles. The first-order valence-corrected chi connectivity index (χ1v) is 6.67. The fourth-order valence-electron chi connectivity index (χ4n) is 1.69. The first-order valence-electron chi connectivity index (χ1n) is 5.54. The number of benzene rings is 2. The van der Waals surface area contributed by atoms with Crippen molar-refractivity contribution in [2.45, 2.75) is 13.0 Å². The summed E-state index contributed by atoms with van der Waals surface area (Å²) in [6.07, 6.45) is 0. The van der Waals surface area contributed by atoms with E-state index < -0.39 is 0 Å². The Morgan fingerprint density at radius 2 is 1.44 bits per heavy atom. The molecule has 1 unspecified atom stereocenters. The standard InChI is InChI=1S/C14H12Cl3N/c1-9(10-5-7-11(15)8-6-10)18-14-12(16)3-2-4-13(14)17/h2-9,18H,1H3. The average Bonchev–Trinajstić information content (AvgIpc) is 2.34. The summed E-state index contributed by atoms with van der Waals surface area (Å²) in [5.74, 6) is 0. The molecule has 0 heterocycles. The van der Waals surface area contributed by atoms with Gasteiger partial charge in [-0.2, -0.15) is 0 Å². The zero-order chi connectivity index (χ0) is 13.1. The van der Waals surface area contributed by atoms with Crippen LogP contribution in [0.2, 0.25) is 15.1 Å². The molecule has 0 aliphatic rings. The van der Waals surface area contributed by atoms with Gasteiger partial charge in [-0.05, 0) is 36.8 Å². The first kappa shape index (κ1) is 13.5. The third kappa shape index (κ3) is 3.11. The van der Waals surface area contributed by atoms with E-state index in [1.54, 1.807) is 0 Å². The predicted molar refractivity (Wildman–Crippen MR) is 80.0 cm³/mol. The summed E-state index contributed by atoms with van der Waals surface area (Å²) in [4.78, 5) is 0. The number of hydrogen-bond donors (Lipinski definition) is 1. The van der Waals surface area contributed by atoms with Crippen molar-refractivity contribution in [3.05, 3.63) is 63.1 Å². The molecule has 1 atom stereocenters. The van der Waals surface area contributed by atoms with E-state index in [1.807, 2.05) is 49.4 Å². The highest BCUT2D eigenvalue weighted by atomic mass is 35.5. The van der Waals surface area contributed by atoms with Crippen LogP contribution in [0.4, 0.5) is 5.69 Å². The van der Waals surface area contributed by atoms with Crippen LogP contribution in [-0.2, 0) is 0 Å². The Hall–Kier alpha value is -0.890. The van der Waals surface area contributed by atoms with Gasteiger partial charge in [0.2, 0.25) is 0 Å². The molecule has 0 saturated carbocycles. The van der Waals surface area contributed by atoms with Crippen LogP contribution in [0.25, 0.3) is 0 Å². The number of para-hydroxylation sites is 1. The van der Waals surface area contributed by atoms with Crippen molar-refractivity contribution in [3.8, 4) is 0 Å².